The van der Waals surface area contributed by atoms with Gasteiger partial charge in [0.15, 0.2) is 0 Å². The van der Waals surface area contributed by atoms with Crippen molar-refractivity contribution in [3.8, 4) is 0 Å². The molecule has 15 heavy (non-hydrogen) atoms. The Hall–Kier alpha value is -0.610. The maximum atomic E-state index is 10.9. The van der Waals surface area contributed by atoms with Crippen molar-refractivity contribution in [3.63, 3.8) is 0 Å². The summed E-state index contributed by atoms with van der Waals surface area (Å²) < 4.78 is 0. The normalized spacial score (nSPS) is 27.9. The van der Waals surface area contributed by atoms with E-state index in [1.807, 2.05) is 0 Å². The van der Waals surface area contributed by atoms with Gasteiger partial charge in [0.05, 0.1) is 6.42 Å². The zero-order valence-electron chi connectivity index (χ0n) is 9.75. The summed E-state index contributed by atoms with van der Waals surface area (Å²) in [7, 11) is 2.06. The van der Waals surface area contributed by atoms with Crippen molar-refractivity contribution in [2.45, 2.75) is 38.1 Å². The highest BCUT2D eigenvalue weighted by molar-refractivity contribution is 5.68. The van der Waals surface area contributed by atoms with Crippen molar-refractivity contribution in [1.29, 1.82) is 0 Å². The van der Waals surface area contributed by atoms with E-state index in [2.05, 4.69) is 24.2 Å². The molecule has 0 bridgehead atoms. The molecule has 1 heterocycles. The summed E-state index contributed by atoms with van der Waals surface area (Å²) in [6, 6.07) is 0. The second-order valence-corrected chi connectivity index (χ2v) is 4.62. The lowest BCUT2D eigenvalue weighted by atomic mass is 9.86. The molecule has 2 N–H and O–H groups in total. The molecule has 0 aromatic carbocycles. The Kier molecular flexibility index (Phi) is 4.54. The van der Waals surface area contributed by atoms with Gasteiger partial charge in [-0.2, -0.15) is 0 Å². The summed E-state index contributed by atoms with van der Waals surface area (Å²) in [6.45, 7) is 4.93. The Bertz CT molecular complexity index is 221. The second-order valence-electron chi connectivity index (χ2n) is 4.62. The smallest absolute Gasteiger partial charge is 0.305 e. The van der Waals surface area contributed by atoms with Crippen LogP contribution in [0.25, 0.3) is 0 Å². The first-order valence-corrected chi connectivity index (χ1v) is 5.73. The summed E-state index contributed by atoms with van der Waals surface area (Å²) in [6.07, 6.45) is 3.34. The van der Waals surface area contributed by atoms with Crippen LogP contribution in [0.1, 0.15) is 32.6 Å². The number of likely N-dealkylation sites (N-methyl/N-ethyl adjacent to an activating group) is 1. The van der Waals surface area contributed by atoms with Gasteiger partial charge in [0.1, 0.15) is 0 Å². The molecule has 0 aromatic heterocycles. The van der Waals surface area contributed by atoms with Crippen LogP contribution in [-0.4, -0.2) is 48.2 Å². The molecule has 1 saturated heterocycles. The maximum absolute atomic E-state index is 10.9. The fourth-order valence-electron chi connectivity index (χ4n) is 2.39. The van der Waals surface area contributed by atoms with Crippen LogP contribution in [-0.2, 0) is 4.79 Å². The van der Waals surface area contributed by atoms with Crippen molar-refractivity contribution in [2.24, 2.45) is 0 Å². The molecule has 0 amide bonds. The molecule has 0 radical (unpaired) electrons. The fourth-order valence-corrected chi connectivity index (χ4v) is 2.39. The van der Waals surface area contributed by atoms with Crippen molar-refractivity contribution in [2.75, 3.05) is 26.7 Å². The van der Waals surface area contributed by atoms with Gasteiger partial charge in [0, 0.05) is 12.1 Å². The van der Waals surface area contributed by atoms with Gasteiger partial charge in [-0.05, 0) is 39.4 Å². The standard InChI is InChI=1S/C11H22N2O2/c1-3-6-12-11(8-10(14)15)5-4-7-13(2)9-11/h12H,3-9H2,1-2H3,(H,14,15). The monoisotopic (exact) mass is 214 g/mol. The topological polar surface area (TPSA) is 52.6 Å². The third-order valence-corrected chi connectivity index (χ3v) is 3.01. The van der Waals surface area contributed by atoms with Crippen molar-refractivity contribution >= 4 is 5.97 Å². The third-order valence-electron chi connectivity index (χ3n) is 3.01. The predicted octanol–water partition coefficient (Wildman–Crippen LogP) is 0.925. The van der Waals surface area contributed by atoms with Crippen molar-refractivity contribution in [1.82, 2.24) is 10.2 Å². The first kappa shape index (κ1) is 12.5. The lowest BCUT2D eigenvalue weighted by Crippen LogP contribution is -2.57. The molecule has 1 unspecified atom stereocenters. The summed E-state index contributed by atoms with van der Waals surface area (Å²) in [5, 5.41) is 12.4. The van der Waals surface area contributed by atoms with E-state index in [9.17, 15) is 4.79 Å². The molecule has 0 saturated carbocycles. The van der Waals surface area contributed by atoms with Gasteiger partial charge in [-0.15, -0.1) is 0 Å². The van der Waals surface area contributed by atoms with Gasteiger partial charge in [-0.3, -0.25) is 4.79 Å². The molecule has 88 valence electrons. The molecule has 1 aliphatic rings. The van der Waals surface area contributed by atoms with Crippen LogP contribution in [0.2, 0.25) is 0 Å². The number of aliphatic carboxylic acids is 1. The van der Waals surface area contributed by atoms with Crippen molar-refractivity contribution < 1.29 is 9.90 Å². The predicted molar refractivity (Wildman–Crippen MR) is 60.0 cm³/mol. The van der Waals surface area contributed by atoms with Gasteiger partial charge >= 0.3 is 5.97 Å². The fraction of sp³-hybridized carbons (Fsp3) is 0.909. The van der Waals surface area contributed by atoms with Crippen LogP contribution in [0.15, 0.2) is 0 Å². The largest absolute Gasteiger partial charge is 0.481 e. The van der Waals surface area contributed by atoms with Crippen LogP contribution in [0, 0.1) is 0 Å². The Balaban J connectivity index is 2.61. The van der Waals surface area contributed by atoms with Crippen LogP contribution >= 0.6 is 0 Å². The number of carboxylic acid groups (broad SMARTS) is 1. The molecule has 1 aliphatic heterocycles. The highest BCUT2D eigenvalue weighted by Crippen LogP contribution is 2.23. The summed E-state index contributed by atoms with van der Waals surface area (Å²) in [4.78, 5) is 13.1. The summed E-state index contributed by atoms with van der Waals surface area (Å²) >= 11 is 0. The second kappa shape index (κ2) is 5.47. The molecular formula is C11H22N2O2. The van der Waals surface area contributed by atoms with E-state index < -0.39 is 5.97 Å². The highest BCUT2D eigenvalue weighted by atomic mass is 16.4. The lowest BCUT2D eigenvalue weighted by Gasteiger charge is -2.41. The highest BCUT2D eigenvalue weighted by Gasteiger charge is 2.35. The molecule has 0 aromatic rings. The van der Waals surface area contributed by atoms with Gasteiger partial charge < -0.3 is 15.3 Å². The van der Waals surface area contributed by atoms with E-state index in [-0.39, 0.29) is 12.0 Å². The summed E-state index contributed by atoms with van der Waals surface area (Å²) in [5.74, 6) is -0.700. The minimum atomic E-state index is -0.700. The quantitative estimate of drug-likeness (QED) is 0.714. The zero-order valence-corrected chi connectivity index (χ0v) is 9.75. The number of hydrogen-bond acceptors (Lipinski definition) is 3. The minimum absolute atomic E-state index is 0.200. The number of carboxylic acids is 1. The number of carbonyl (C=O) groups is 1. The van der Waals surface area contributed by atoms with E-state index in [1.54, 1.807) is 0 Å². The van der Waals surface area contributed by atoms with Gasteiger partial charge in [0.25, 0.3) is 0 Å². The number of piperidine rings is 1. The number of hydrogen-bond donors (Lipinski definition) is 2. The van der Waals surface area contributed by atoms with Crippen LogP contribution in [0.5, 0.6) is 0 Å². The molecule has 1 atom stereocenters. The van der Waals surface area contributed by atoms with E-state index in [1.165, 1.54) is 0 Å². The van der Waals surface area contributed by atoms with Gasteiger partial charge in [-0.1, -0.05) is 6.92 Å². The number of likely N-dealkylation sites (tertiary alicyclic amines) is 1. The molecule has 4 nitrogen and oxygen atoms in total. The Morgan fingerprint density at radius 3 is 2.87 bits per heavy atom. The minimum Gasteiger partial charge on any atom is -0.481 e. The SMILES string of the molecule is CCCNC1(CC(=O)O)CCCN(C)C1. The average Bonchev–Trinajstić information content (AvgIpc) is 2.13. The number of rotatable bonds is 5. The maximum Gasteiger partial charge on any atom is 0.305 e. The van der Waals surface area contributed by atoms with Crippen LogP contribution in [0.4, 0.5) is 0 Å². The number of nitrogens with one attached hydrogen (secondary N) is 1. The summed E-state index contributed by atoms with van der Waals surface area (Å²) in [5.41, 5.74) is -0.200. The first-order valence-electron chi connectivity index (χ1n) is 5.73. The van der Waals surface area contributed by atoms with E-state index in [0.29, 0.717) is 0 Å². The van der Waals surface area contributed by atoms with E-state index in [0.717, 1.165) is 38.9 Å². The Morgan fingerprint density at radius 2 is 2.33 bits per heavy atom. The van der Waals surface area contributed by atoms with E-state index in [4.69, 9.17) is 5.11 Å². The van der Waals surface area contributed by atoms with Crippen LogP contribution < -0.4 is 5.32 Å². The Labute approximate surface area is 91.6 Å². The molecule has 1 fully saturated rings. The molecule has 1 rings (SSSR count). The molecule has 0 aliphatic carbocycles. The zero-order chi connectivity index (χ0) is 11.3. The van der Waals surface area contributed by atoms with Gasteiger partial charge in [0.2, 0.25) is 0 Å². The third kappa shape index (κ3) is 3.80. The van der Waals surface area contributed by atoms with E-state index >= 15 is 0 Å². The number of nitrogens with zero attached hydrogens (tertiary/aromatic N) is 1. The molecule has 4 heteroatoms. The molecule has 0 spiro atoms. The van der Waals surface area contributed by atoms with Crippen molar-refractivity contribution in [3.05, 3.63) is 0 Å². The molecular weight excluding hydrogens is 192 g/mol. The Morgan fingerprint density at radius 1 is 1.60 bits per heavy atom. The van der Waals surface area contributed by atoms with Gasteiger partial charge in [-0.25, -0.2) is 0 Å². The van der Waals surface area contributed by atoms with Crippen LogP contribution in [0.3, 0.4) is 0 Å². The lowest BCUT2D eigenvalue weighted by molar-refractivity contribution is -0.139. The first-order chi connectivity index (χ1) is 7.08. The average molecular weight is 214 g/mol.